The summed E-state index contributed by atoms with van der Waals surface area (Å²) in [6.45, 7) is 3.62. The van der Waals surface area contributed by atoms with E-state index in [1.807, 2.05) is 29.8 Å². The highest BCUT2D eigenvalue weighted by Gasteiger charge is 2.25. The van der Waals surface area contributed by atoms with E-state index in [2.05, 4.69) is 23.6 Å². The summed E-state index contributed by atoms with van der Waals surface area (Å²) in [5, 5.41) is 8.34. The Labute approximate surface area is 169 Å². The molecular weight excluding hydrogens is 374 g/mol. The van der Waals surface area contributed by atoms with Crippen LogP contribution in [0.15, 0.2) is 54.7 Å². The normalized spacial score (nSPS) is 15.9. The second-order valence-electron chi connectivity index (χ2n) is 7.01. The molecule has 0 bridgehead atoms. The molecule has 1 amide bonds. The van der Waals surface area contributed by atoms with Gasteiger partial charge in [0.05, 0.1) is 18.8 Å². The topological polar surface area (TPSA) is 56.1 Å². The standard InChI is InChI=1S/C22H22ClN3O2/c1-15-11-17(7-8-19(15)23)22(27)24-12-20-21-18(9-10-28-20)14-26(25-21)13-16-5-3-2-4-6-16/h2-8,11,14,20H,9-10,12-13H2,1H3,(H,24,27)/t20-/m1/s1. The van der Waals surface area contributed by atoms with Crippen LogP contribution in [0, 0.1) is 6.92 Å². The van der Waals surface area contributed by atoms with Crippen molar-refractivity contribution in [3.05, 3.63) is 87.7 Å². The first-order valence-corrected chi connectivity index (χ1v) is 9.74. The summed E-state index contributed by atoms with van der Waals surface area (Å²) in [5.41, 5.74) is 4.77. The third-order valence-corrected chi connectivity index (χ3v) is 5.35. The first-order valence-electron chi connectivity index (χ1n) is 9.36. The van der Waals surface area contributed by atoms with E-state index in [1.54, 1.807) is 18.2 Å². The predicted octanol–water partition coefficient (Wildman–Crippen LogP) is 3.94. The first-order chi connectivity index (χ1) is 13.6. The average Bonchev–Trinajstić information content (AvgIpc) is 3.12. The maximum atomic E-state index is 12.5. The molecule has 1 aliphatic heterocycles. The lowest BCUT2D eigenvalue weighted by atomic mass is 10.1. The molecule has 5 nitrogen and oxygen atoms in total. The third kappa shape index (κ3) is 4.11. The van der Waals surface area contributed by atoms with Crippen molar-refractivity contribution >= 4 is 17.5 Å². The molecule has 0 saturated heterocycles. The van der Waals surface area contributed by atoms with Crippen LogP contribution in [0.2, 0.25) is 5.02 Å². The van der Waals surface area contributed by atoms with Gasteiger partial charge in [0.2, 0.25) is 0 Å². The number of halogens is 1. The first kappa shape index (κ1) is 18.7. The second kappa shape index (κ2) is 8.17. The van der Waals surface area contributed by atoms with Crippen LogP contribution < -0.4 is 5.32 Å². The van der Waals surface area contributed by atoms with Gasteiger partial charge in [-0.3, -0.25) is 9.48 Å². The maximum absolute atomic E-state index is 12.5. The van der Waals surface area contributed by atoms with Crippen molar-refractivity contribution in [2.45, 2.75) is 26.0 Å². The van der Waals surface area contributed by atoms with Gasteiger partial charge in [-0.15, -0.1) is 0 Å². The highest BCUT2D eigenvalue weighted by molar-refractivity contribution is 6.31. The minimum atomic E-state index is -0.238. The molecule has 3 aromatic rings. The molecule has 1 atom stereocenters. The second-order valence-corrected chi connectivity index (χ2v) is 7.41. The van der Waals surface area contributed by atoms with E-state index in [0.29, 0.717) is 23.7 Å². The quantitative estimate of drug-likeness (QED) is 0.712. The third-order valence-electron chi connectivity index (χ3n) is 4.92. The summed E-state index contributed by atoms with van der Waals surface area (Å²) >= 11 is 6.04. The van der Waals surface area contributed by atoms with E-state index in [9.17, 15) is 4.79 Å². The number of rotatable bonds is 5. The highest BCUT2D eigenvalue weighted by Crippen LogP contribution is 2.25. The van der Waals surface area contributed by atoms with Crippen molar-refractivity contribution in [1.82, 2.24) is 15.1 Å². The Bertz CT molecular complexity index is 985. The van der Waals surface area contributed by atoms with Crippen LogP contribution in [0.1, 0.15) is 38.8 Å². The number of nitrogens with zero attached hydrogens (tertiary/aromatic N) is 2. The molecule has 0 radical (unpaired) electrons. The van der Waals surface area contributed by atoms with Crippen molar-refractivity contribution < 1.29 is 9.53 Å². The minimum Gasteiger partial charge on any atom is -0.370 e. The highest BCUT2D eigenvalue weighted by atomic mass is 35.5. The summed E-state index contributed by atoms with van der Waals surface area (Å²) < 4.78 is 7.84. The molecule has 144 valence electrons. The van der Waals surface area contributed by atoms with Gasteiger partial charge in [0, 0.05) is 23.3 Å². The molecule has 0 fully saturated rings. The molecule has 0 aliphatic carbocycles. The van der Waals surface area contributed by atoms with Crippen LogP contribution in [-0.2, 0) is 17.7 Å². The Balaban J connectivity index is 1.44. The fourth-order valence-corrected chi connectivity index (χ4v) is 3.53. The Kier molecular flexibility index (Phi) is 5.46. The summed E-state index contributed by atoms with van der Waals surface area (Å²) in [7, 11) is 0. The Hall–Kier alpha value is -2.63. The number of hydrogen-bond acceptors (Lipinski definition) is 3. The minimum absolute atomic E-state index is 0.140. The zero-order valence-corrected chi connectivity index (χ0v) is 16.4. The van der Waals surface area contributed by atoms with Gasteiger partial charge in [0.25, 0.3) is 5.91 Å². The molecule has 0 unspecified atom stereocenters. The van der Waals surface area contributed by atoms with Crippen LogP contribution in [0.3, 0.4) is 0 Å². The summed E-state index contributed by atoms with van der Waals surface area (Å²) in [6.07, 6.45) is 2.69. The number of nitrogens with one attached hydrogen (secondary N) is 1. The zero-order valence-electron chi connectivity index (χ0n) is 15.7. The molecule has 0 saturated carbocycles. The number of carbonyl (C=O) groups is 1. The predicted molar refractivity (Wildman–Crippen MR) is 109 cm³/mol. The SMILES string of the molecule is Cc1cc(C(=O)NC[C@H]2OCCc3cn(Cc4ccccc4)nc32)ccc1Cl. The number of ether oxygens (including phenoxy) is 1. The molecule has 0 spiro atoms. The van der Waals surface area contributed by atoms with Gasteiger partial charge < -0.3 is 10.1 Å². The van der Waals surface area contributed by atoms with E-state index in [4.69, 9.17) is 21.4 Å². The van der Waals surface area contributed by atoms with Crippen LogP contribution in [-0.4, -0.2) is 28.8 Å². The lowest BCUT2D eigenvalue weighted by Crippen LogP contribution is -2.32. The van der Waals surface area contributed by atoms with E-state index in [1.165, 1.54) is 11.1 Å². The number of benzene rings is 2. The Morgan fingerprint density at radius 3 is 2.89 bits per heavy atom. The van der Waals surface area contributed by atoms with Crippen molar-refractivity contribution in [3.63, 3.8) is 0 Å². The monoisotopic (exact) mass is 395 g/mol. The molecule has 1 aromatic heterocycles. The van der Waals surface area contributed by atoms with Crippen LogP contribution in [0.25, 0.3) is 0 Å². The van der Waals surface area contributed by atoms with Gasteiger partial charge in [-0.25, -0.2) is 0 Å². The van der Waals surface area contributed by atoms with E-state index >= 15 is 0 Å². The van der Waals surface area contributed by atoms with Gasteiger partial charge in [0.15, 0.2) is 0 Å². The average molecular weight is 396 g/mol. The lowest BCUT2D eigenvalue weighted by Gasteiger charge is -2.22. The smallest absolute Gasteiger partial charge is 0.251 e. The van der Waals surface area contributed by atoms with Crippen molar-refractivity contribution in [1.29, 1.82) is 0 Å². The molecule has 1 aliphatic rings. The largest absolute Gasteiger partial charge is 0.370 e. The van der Waals surface area contributed by atoms with Gasteiger partial charge >= 0.3 is 0 Å². The molecule has 4 rings (SSSR count). The number of carbonyl (C=O) groups excluding carboxylic acids is 1. The molecule has 2 heterocycles. The number of amides is 1. The number of aromatic nitrogens is 2. The van der Waals surface area contributed by atoms with Crippen LogP contribution in [0.5, 0.6) is 0 Å². The maximum Gasteiger partial charge on any atom is 0.251 e. The Morgan fingerprint density at radius 1 is 1.29 bits per heavy atom. The van der Waals surface area contributed by atoms with Crippen molar-refractivity contribution in [2.24, 2.45) is 0 Å². The summed E-state index contributed by atoms with van der Waals surface area (Å²) in [5.74, 6) is -0.140. The molecule has 28 heavy (non-hydrogen) atoms. The van der Waals surface area contributed by atoms with E-state index in [-0.39, 0.29) is 12.0 Å². The van der Waals surface area contributed by atoms with Gasteiger partial charge in [-0.05, 0) is 48.2 Å². The van der Waals surface area contributed by atoms with E-state index < -0.39 is 0 Å². The van der Waals surface area contributed by atoms with E-state index in [0.717, 1.165) is 24.2 Å². The Morgan fingerprint density at radius 2 is 2.11 bits per heavy atom. The molecule has 6 heteroatoms. The lowest BCUT2D eigenvalue weighted by molar-refractivity contribution is 0.0383. The fraction of sp³-hybridized carbons (Fsp3) is 0.273. The number of hydrogen-bond donors (Lipinski definition) is 1. The molecule has 1 N–H and O–H groups in total. The zero-order chi connectivity index (χ0) is 19.5. The van der Waals surface area contributed by atoms with Gasteiger partial charge in [-0.2, -0.15) is 5.10 Å². The van der Waals surface area contributed by atoms with Crippen LogP contribution >= 0.6 is 11.6 Å². The number of fused-ring (bicyclic) bond motifs is 1. The number of aryl methyl sites for hydroxylation is 1. The summed E-state index contributed by atoms with van der Waals surface area (Å²) in [6, 6.07) is 15.5. The van der Waals surface area contributed by atoms with Crippen molar-refractivity contribution in [2.75, 3.05) is 13.2 Å². The molecule has 2 aromatic carbocycles. The van der Waals surface area contributed by atoms with Gasteiger partial charge in [0.1, 0.15) is 6.10 Å². The summed E-state index contributed by atoms with van der Waals surface area (Å²) in [4.78, 5) is 12.5. The van der Waals surface area contributed by atoms with Crippen molar-refractivity contribution in [3.8, 4) is 0 Å². The fourth-order valence-electron chi connectivity index (χ4n) is 3.41. The van der Waals surface area contributed by atoms with Crippen LogP contribution in [0.4, 0.5) is 0 Å². The molecular formula is C22H22ClN3O2. The van der Waals surface area contributed by atoms with Gasteiger partial charge in [-0.1, -0.05) is 41.9 Å².